The number of ether oxygens (including phenoxy) is 2. The molecular weight excluding hydrogens is 313 g/mol. The van der Waals surface area contributed by atoms with Gasteiger partial charge in [-0.25, -0.2) is 9.18 Å². The van der Waals surface area contributed by atoms with Gasteiger partial charge in [-0.15, -0.1) is 0 Å². The zero-order chi connectivity index (χ0) is 17.7. The van der Waals surface area contributed by atoms with Crippen molar-refractivity contribution in [2.75, 3.05) is 12.4 Å². The highest BCUT2D eigenvalue weighted by molar-refractivity contribution is 5.97. The third kappa shape index (κ3) is 4.32. The molecule has 2 aromatic rings. The van der Waals surface area contributed by atoms with Crippen molar-refractivity contribution in [3.63, 3.8) is 0 Å². The highest BCUT2D eigenvalue weighted by Crippen LogP contribution is 2.20. The maximum Gasteiger partial charge on any atom is 0.339 e. The number of carbonyl (C=O) groups is 2. The Bertz CT molecular complexity index is 743. The lowest BCUT2D eigenvalue weighted by molar-refractivity contribution is -0.123. The summed E-state index contributed by atoms with van der Waals surface area (Å²) in [5.41, 5.74) is 1.59. The van der Waals surface area contributed by atoms with E-state index in [9.17, 15) is 14.0 Å². The molecule has 0 fully saturated rings. The summed E-state index contributed by atoms with van der Waals surface area (Å²) in [5, 5.41) is 2.55. The van der Waals surface area contributed by atoms with Crippen LogP contribution in [0, 0.1) is 12.7 Å². The number of benzene rings is 2. The van der Waals surface area contributed by atoms with E-state index in [2.05, 4.69) is 5.32 Å². The fourth-order valence-electron chi connectivity index (χ4n) is 2.01. The molecule has 2 aromatic carbocycles. The highest BCUT2D eigenvalue weighted by Gasteiger charge is 2.19. The first-order chi connectivity index (χ1) is 11.4. The third-order valence-corrected chi connectivity index (χ3v) is 3.41. The largest absolute Gasteiger partial charge is 0.496 e. The molecule has 0 radical (unpaired) electrons. The van der Waals surface area contributed by atoms with Gasteiger partial charge in [0.2, 0.25) is 0 Å². The maximum atomic E-state index is 12.8. The number of hydrogen-bond acceptors (Lipinski definition) is 4. The summed E-state index contributed by atoms with van der Waals surface area (Å²) in [5.74, 6) is -0.974. The molecule has 0 heterocycles. The minimum absolute atomic E-state index is 0.291. The van der Waals surface area contributed by atoms with E-state index in [0.29, 0.717) is 17.0 Å². The number of halogens is 1. The summed E-state index contributed by atoms with van der Waals surface area (Å²) in [4.78, 5) is 24.2. The van der Waals surface area contributed by atoms with Gasteiger partial charge in [0, 0.05) is 5.69 Å². The zero-order valence-electron chi connectivity index (χ0n) is 13.6. The van der Waals surface area contributed by atoms with E-state index in [0.717, 1.165) is 5.56 Å². The predicted octanol–water partition coefficient (Wildman–Crippen LogP) is 3.33. The molecule has 0 saturated carbocycles. The quantitative estimate of drug-likeness (QED) is 0.854. The number of hydrogen-bond donors (Lipinski definition) is 1. The van der Waals surface area contributed by atoms with Crippen molar-refractivity contribution >= 4 is 17.6 Å². The normalized spacial score (nSPS) is 11.5. The van der Waals surface area contributed by atoms with Crippen molar-refractivity contribution in [3.05, 3.63) is 59.4 Å². The Balaban J connectivity index is 2.00. The van der Waals surface area contributed by atoms with Gasteiger partial charge in [-0.1, -0.05) is 6.07 Å². The van der Waals surface area contributed by atoms with Crippen LogP contribution < -0.4 is 10.1 Å². The molecule has 1 N–H and O–H groups in total. The molecule has 126 valence electrons. The molecule has 1 amide bonds. The first-order valence-corrected chi connectivity index (χ1v) is 7.32. The average Bonchev–Trinajstić information content (AvgIpc) is 2.57. The number of esters is 1. The fraction of sp³-hybridized carbons (Fsp3) is 0.222. The van der Waals surface area contributed by atoms with Crippen molar-refractivity contribution in [1.82, 2.24) is 0 Å². The van der Waals surface area contributed by atoms with Crippen molar-refractivity contribution in [2.45, 2.75) is 20.0 Å². The SMILES string of the molecule is COc1cc(C(=O)O[C@H](C)C(=O)Nc2ccc(F)cc2)ccc1C. The highest BCUT2D eigenvalue weighted by atomic mass is 19.1. The Labute approximate surface area is 139 Å². The van der Waals surface area contributed by atoms with Gasteiger partial charge in [-0.05, 0) is 55.8 Å². The Kier molecular flexibility index (Phi) is 5.52. The lowest BCUT2D eigenvalue weighted by Gasteiger charge is -2.14. The first kappa shape index (κ1) is 17.5. The van der Waals surface area contributed by atoms with E-state index in [1.807, 2.05) is 6.92 Å². The molecule has 0 aromatic heterocycles. The molecule has 1 atom stereocenters. The van der Waals surface area contributed by atoms with Crippen LogP contribution in [0.1, 0.15) is 22.8 Å². The summed E-state index contributed by atoms with van der Waals surface area (Å²) in [6.07, 6.45) is -1.00. The van der Waals surface area contributed by atoms with Gasteiger partial charge in [-0.2, -0.15) is 0 Å². The number of amides is 1. The van der Waals surface area contributed by atoms with E-state index in [4.69, 9.17) is 9.47 Å². The average molecular weight is 331 g/mol. The van der Waals surface area contributed by atoms with Crippen LogP contribution in [0.25, 0.3) is 0 Å². The van der Waals surface area contributed by atoms with E-state index in [1.54, 1.807) is 18.2 Å². The lowest BCUT2D eigenvalue weighted by Crippen LogP contribution is -2.30. The summed E-state index contributed by atoms with van der Waals surface area (Å²) in [7, 11) is 1.51. The molecule has 0 saturated heterocycles. The van der Waals surface area contributed by atoms with Crippen LogP contribution >= 0.6 is 0 Å². The van der Waals surface area contributed by atoms with Crippen LogP contribution in [0.2, 0.25) is 0 Å². The van der Waals surface area contributed by atoms with E-state index < -0.39 is 23.8 Å². The van der Waals surface area contributed by atoms with Crippen LogP contribution in [0.5, 0.6) is 5.75 Å². The summed E-state index contributed by atoms with van der Waals surface area (Å²) in [6, 6.07) is 10.2. The van der Waals surface area contributed by atoms with Crippen molar-refractivity contribution in [1.29, 1.82) is 0 Å². The molecule has 6 heteroatoms. The zero-order valence-corrected chi connectivity index (χ0v) is 13.6. The molecule has 0 unspecified atom stereocenters. The first-order valence-electron chi connectivity index (χ1n) is 7.32. The second-order valence-corrected chi connectivity index (χ2v) is 5.23. The summed E-state index contributed by atoms with van der Waals surface area (Å²) in [6.45, 7) is 3.31. The van der Waals surface area contributed by atoms with Crippen molar-refractivity contribution < 1.29 is 23.5 Å². The standard InChI is InChI=1S/C18H18FNO4/c1-11-4-5-13(10-16(11)23-3)18(22)24-12(2)17(21)20-15-8-6-14(19)7-9-15/h4-10,12H,1-3H3,(H,20,21)/t12-/m1/s1. The number of carbonyl (C=O) groups excluding carboxylic acids is 2. The predicted molar refractivity (Wildman–Crippen MR) is 87.6 cm³/mol. The smallest absolute Gasteiger partial charge is 0.339 e. The molecule has 24 heavy (non-hydrogen) atoms. The third-order valence-electron chi connectivity index (χ3n) is 3.41. The van der Waals surface area contributed by atoms with Gasteiger partial charge in [-0.3, -0.25) is 4.79 Å². The second kappa shape index (κ2) is 7.59. The summed E-state index contributed by atoms with van der Waals surface area (Å²) < 4.78 is 23.2. The van der Waals surface area contributed by atoms with Crippen LogP contribution in [-0.2, 0) is 9.53 Å². The monoisotopic (exact) mass is 331 g/mol. The molecule has 0 bridgehead atoms. The van der Waals surface area contributed by atoms with Gasteiger partial charge in [0.05, 0.1) is 12.7 Å². The molecule has 5 nitrogen and oxygen atoms in total. The van der Waals surface area contributed by atoms with Gasteiger partial charge >= 0.3 is 5.97 Å². The summed E-state index contributed by atoms with van der Waals surface area (Å²) >= 11 is 0. The molecule has 0 aliphatic heterocycles. The van der Waals surface area contributed by atoms with E-state index >= 15 is 0 Å². The van der Waals surface area contributed by atoms with Crippen LogP contribution in [0.15, 0.2) is 42.5 Å². The Morgan fingerprint density at radius 3 is 2.42 bits per heavy atom. The Morgan fingerprint density at radius 1 is 1.12 bits per heavy atom. The number of rotatable bonds is 5. The Morgan fingerprint density at radius 2 is 1.79 bits per heavy atom. The van der Waals surface area contributed by atoms with Crippen LogP contribution in [0.4, 0.5) is 10.1 Å². The number of nitrogens with one attached hydrogen (secondary N) is 1. The molecule has 0 aliphatic rings. The number of methoxy groups -OCH3 is 1. The Hall–Kier alpha value is -2.89. The molecule has 0 aliphatic carbocycles. The minimum atomic E-state index is -1.00. The fourth-order valence-corrected chi connectivity index (χ4v) is 2.01. The number of anilines is 1. The minimum Gasteiger partial charge on any atom is -0.496 e. The van der Waals surface area contributed by atoms with E-state index in [-0.39, 0.29) is 0 Å². The van der Waals surface area contributed by atoms with Crippen LogP contribution in [-0.4, -0.2) is 25.1 Å². The van der Waals surface area contributed by atoms with E-state index in [1.165, 1.54) is 38.3 Å². The van der Waals surface area contributed by atoms with Gasteiger partial charge in [0.1, 0.15) is 11.6 Å². The topological polar surface area (TPSA) is 64.6 Å². The maximum absolute atomic E-state index is 12.8. The number of aryl methyl sites for hydroxylation is 1. The van der Waals surface area contributed by atoms with Gasteiger partial charge < -0.3 is 14.8 Å². The molecular formula is C18H18FNO4. The van der Waals surface area contributed by atoms with Crippen molar-refractivity contribution in [2.24, 2.45) is 0 Å². The van der Waals surface area contributed by atoms with Crippen LogP contribution in [0.3, 0.4) is 0 Å². The second-order valence-electron chi connectivity index (χ2n) is 5.23. The van der Waals surface area contributed by atoms with Gasteiger partial charge in [0.25, 0.3) is 5.91 Å². The molecule has 0 spiro atoms. The van der Waals surface area contributed by atoms with Crippen molar-refractivity contribution in [3.8, 4) is 5.75 Å². The molecule has 2 rings (SSSR count). The lowest BCUT2D eigenvalue weighted by atomic mass is 10.1. The van der Waals surface area contributed by atoms with Gasteiger partial charge in [0.15, 0.2) is 6.10 Å².